The molecule has 0 bridgehead atoms. The molecule has 0 unspecified atom stereocenters. The van der Waals surface area contributed by atoms with Crippen molar-refractivity contribution in [2.45, 2.75) is 84.0 Å². The molecule has 0 aliphatic carbocycles. The van der Waals surface area contributed by atoms with Crippen molar-refractivity contribution in [2.75, 3.05) is 20.6 Å². The highest BCUT2D eigenvalue weighted by atomic mass is 35.5. The molecule has 0 aromatic heterocycles. The van der Waals surface area contributed by atoms with Gasteiger partial charge in [-0.15, -0.1) is 0 Å². The van der Waals surface area contributed by atoms with Gasteiger partial charge in [0.25, 0.3) is 0 Å². The van der Waals surface area contributed by atoms with Crippen molar-refractivity contribution in [3.8, 4) is 0 Å². The van der Waals surface area contributed by atoms with Gasteiger partial charge in [0.1, 0.15) is 6.54 Å². The minimum atomic E-state index is 0. The number of rotatable bonds is 13. The van der Waals surface area contributed by atoms with Gasteiger partial charge in [0.2, 0.25) is 0 Å². The van der Waals surface area contributed by atoms with Gasteiger partial charge in [-0.3, -0.25) is 0 Å². The van der Waals surface area contributed by atoms with Crippen LogP contribution in [0.15, 0.2) is 0 Å². The molecule has 0 atom stereocenters. The Morgan fingerprint density at radius 2 is 0.947 bits per heavy atom. The lowest BCUT2D eigenvalue weighted by molar-refractivity contribution is -1.07. The van der Waals surface area contributed by atoms with Crippen molar-refractivity contribution in [3.05, 3.63) is 0 Å². The van der Waals surface area contributed by atoms with E-state index in [1.165, 1.54) is 70.6 Å². The SMILES string of the molecule is CCCCCCCCCCCCCC[N+](C)(C)O.[Cl-]. The number of hydrogen-bond donors (Lipinski definition) is 1. The summed E-state index contributed by atoms with van der Waals surface area (Å²) < 4.78 is 0.123. The first-order valence-corrected chi connectivity index (χ1v) is 8.12. The molecule has 3 heteroatoms. The summed E-state index contributed by atoms with van der Waals surface area (Å²) in [7, 11) is 3.69. The fourth-order valence-electron chi connectivity index (χ4n) is 2.34. The van der Waals surface area contributed by atoms with E-state index in [1.807, 2.05) is 14.1 Å². The van der Waals surface area contributed by atoms with Gasteiger partial charge in [-0.2, -0.15) is 4.65 Å². The van der Waals surface area contributed by atoms with Crippen molar-refractivity contribution < 1.29 is 22.3 Å². The van der Waals surface area contributed by atoms with Crippen LogP contribution in [0.4, 0.5) is 0 Å². The summed E-state index contributed by atoms with van der Waals surface area (Å²) >= 11 is 0. The van der Waals surface area contributed by atoms with Crippen LogP contribution in [0.25, 0.3) is 0 Å². The summed E-state index contributed by atoms with van der Waals surface area (Å²) in [6.45, 7) is 3.16. The Morgan fingerprint density at radius 1 is 0.632 bits per heavy atom. The normalized spacial score (nSPS) is 11.4. The van der Waals surface area contributed by atoms with E-state index in [-0.39, 0.29) is 17.1 Å². The summed E-state index contributed by atoms with van der Waals surface area (Å²) in [5, 5.41) is 9.52. The minimum Gasteiger partial charge on any atom is -1.00 e. The molecule has 0 amide bonds. The number of quaternary nitrogens is 1. The van der Waals surface area contributed by atoms with Gasteiger partial charge in [-0.05, 0) is 12.8 Å². The number of halogens is 1. The van der Waals surface area contributed by atoms with E-state index in [1.54, 1.807) is 0 Å². The molecule has 19 heavy (non-hydrogen) atoms. The van der Waals surface area contributed by atoms with E-state index in [0.717, 1.165) is 13.0 Å². The maximum Gasteiger partial charge on any atom is 0.108 e. The average Bonchev–Trinajstić information content (AvgIpc) is 2.29. The van der Waals surface area contributed by atoms with Crippen molar-refractivity contribution in [3.63, 3.8) is 0 Å². The molecule has 0 saturated carbocycles. The maximum absolute atomic E-state index is 9.52. The highest BCUT2D eigenvalue weighted by Gasteiger charge is 2.08. The van der Waals surface area contributed by atoms with Crippen LogP contribution in [0.5, 0.6) is 0 Å². The third kappa shape index (κ3) is 20.7. The Bertz CT molecular complexity index is 169. The largest absolute Gasteiger partial charge is 1.00 e. The quantitative estimate of drug-likeness (QED) is 0.313. The van der Waals surface area contributed by atoms with E-state index in [0.29, 0.717) is 0 Å². The van der Waals surface area contributed by atoms with Crippen molar-refractivity contribution in [2.24, 2.45) is 0 Å². The third-order valence-electron chi connectivity index (χ3n) is 3.56. The number of hydroxylamine groups is 3. The Kier molecular flexibility index (Phi) is 16.5. The molecule has 0 radical (unpaired) electrons. The lowest BCUT2D eigenvalue weighted by Crippen LogP contribution is -3.00. The van der Waals surface area contributed by atoms with Crippen LogP contribution >= 0.6 is 0 Å². The fourth-order valence-corrected chi connectivity index (χ4v) is 2.34. The second-order valence-corrected chi connectivity index (χ2v) is 6.23. The van der Waals surface area contributed by atoms with Gasteiger partial charge in [-0.1, -0.05) is 71.1 Å². The van der Waals surface area contributed by atoms with Crippen LogP contribution in [-0.4, -0.2) is 30.5 Å². The van der Waals surface area contributed by atoms with Crippen LogP contribution in [0, 0.1) is 0 Å². The average molecular weight is 294 g/mol. The van der Waals surface area contributed by atoms with Gasteiger partial charge in [0, 0.05) is 0 Å². The molecule has 0 saturated heterocycles. The molecule has 0 aliphatic heterocycles. The summed E-state index contributed by atoms with van der Waals surface area (Å²) in [5.41, 5.74) is 0. The van der Waals surface area contributed by atoms with E-state index in [4.69, 9.17) is 0 Å². The Balaban J connectivity index is 0. The van der Waals surface area contributed by atoms with E-state index >= 15 is 0 Å². The van der Waals surface area contributed by atoms with Gasteiger partial charge in [0.05, 0.1) is 14.1 Å². The minimum absolute atomic E-state index is 0. The first kappa shape index (κ1) is 21.5. The molecule has 0 aromatic carbocycles. The first-order chi connectivity index (χ1) is 8.56. The van der Waals surface area contributed by atoms with Crippen molar-refractivity contribution in [1.82, 2.24) is 0 Å². The molecule has 1 N–H and O–H groups in total. The van der Waals surface area contributed by atoms with Crippen LogP contribution < -0.4 is 12.4 Å². The monoisotopic (exact) mass is 293 g/mol. The Labute approximate surface area is 127 Å². The summed E-state index contributed by atoms with van der Waals surface area (Å²) in [4.78, 5) is 0. The second-order valence-electron chi connectivity index (χ2n) is 6.23. The summed E-state index contributed by atoms with van der Waals surface area (Å²) in [5.74, 6) is 0. The highest BCUT2D eigenvalue weighted by Crippen LogP contribution is 2.12. The predicted octanol–water partition coefficient (Wildman–Crippen LogP) is 2.16. The van der Waals surface area contributed by atoms with Crippen LogP contribution in [0.1, 0.15) is 84.0 Å². The molecular weight excluding hydrogens is 258 g/mol. The zero-order valence-electron chi connectivity index (χ0n) is 13.5. The molecule has 0 spiro atoms. The summed E-state index contributed by atoms with van der Waals surface area (Å²) in [6, 6.07) is 0. The zero-order valence-corrected chi connectivity index (χ0v) is 14.2. The molecule has 0 heterocycles. The zero-order chi connectivity index (χ0) is 13.7. The molecular formula is C16H36ClNO. The summed E-state index contributed by atoms with van der Waals surface area (Å²) in [6.07, 6.45) is 16.5. The molecule has 0 rings (SSSR count). The highest BCUT2D eigenvalue weighted by molar-refractivity contribution is 4.48. The van der Waals surface area contributed by atoms with E-state index in [2.05, 4.69) is 6.92 Å². The van der Waals surface area contributed by atoms with Gasteiger partial charge >= 0.3 is 0 Å². The maximum atomic E-state index is 9.52. The standard InChI is InChI=1S/C16H36NO.ClH/c1-4-5-6-7-8-9-10-11-12-13-14-15-16-17(2,3)18;/h18H,4-16H2,1-3H3;1H/q+1;/p-1. The van der Waals surface area contributed by atoms with Crippen LogP contribution in [0.3, 0.4) is 0 Å². The van der Waals surface area contributed by atoms with Crippen LogP contribution in [0.2, 0.25) is 0 Å². The number of nitrogens with zero attached hydrogens (tertiary/aromatic N) is 1. The Hall–Kier alpha value is 0.210. The van der Waals surface area contributed by atoms with Gasteiger partial charge < -0.3 is 12.4 Å². The first-order valence-electron chi connectivity index (χ1n) is 8.12. The van der Waals surface area contributed by atoms with Crippen LogP contribution in [-0.2, 0) is 0 Å². The molecule has 0 aromatic rings. The van der Waals surface area contributed by atoms with Crippen molar-refractivity contribution >= 4 is 0 Å². The number of unbranched alkanes of at least 4 members (excludes halogenated alkanes) is 11. The molecule has 2 nitrogen and oxygen atoms in total. The predicted molar refractivity (Wildman–Crippen MR) is 79.8 cm³/mol. The van der Waals surface area contributed by atoms with Gasteiger partial charge in [0.15, 0.2) is 0 Å². The third-order valence-corrected chi connectivity index (χ3v) is 3.56. The van der Waals surface area contributed by atoms with E-state index < -0.39 is 0 Å². The second kappa shape index (κ2) is 14.6. The molecule has 0 fully saturated rings. The lowest BCUT2D eigenvalue weighted by atomic mass is 10.1. The molecule has 118 valence electrons. The topological polar surface area (TPSA) is 20.2 Å². The van der Waals surface area contributed by atoms with Crippen molar-refractivity contribution in [1.29, 1.82) is 0 Å². The lowest BCUT2D eigenvalue weighted by Gasteiger charge is -2.18. The Morgan fingerprint density at radius 3 is 1.26 bits per heavy atom. The molecule has 0 aliphatic rings. The number of hydrogen-bond acceptors (Lipinski definition) is 1. The fraction of sp³-hybridized carbons (Fsp3) is 1.00. The van der Waals surface area contributed by atoms with Gasteiger partial charge in [-0.25, -0.2) is 5.21 Å². The van der Waals surface area contributed by atoms with E-state index in [9.17, 15) is 5.21 Å². The smallest absolute Gasteiger partial charge is 0.108 e.